The SMILES string of the molecule is O=C(/C=C/c1cnn(-c2ccccc2)c1)NC(c1ccc(F)cc1)c1cccs1. The first-order valence-electron chi connectivity index (χ1n) is 9.06. The van der Waals surface area contributed by atoms with E-state index in [9.17, 15) is 9.18 Å². The maximum Gasteiger partial charge on any atom is 0.244 e. The summed E-state index contributed by atoms with van der Waals surface area (Å²) >= 11 is 1.54. The molecule has 0 aliphatic carbocycles. The summed E-state index contributed by atoms with van der Waals surface area (Å²) in [5, 5.41) is 9.27. The van der Waals surface area contributed by atoms with Crippen LogP contribution < -0.4 is 5.32 Å². The summed E-state index contributed by atoms with van der Waals surface area (Å²) in [5.74, 6) is -0.541. The van der Waals surface area contributed by atoms with Crippen LogP contribution in [0.1, 0.15) is 22.0 Å². The molecule has 29 heavy (non-hydrogen) atoms. The van der Waals surface area contributed by atoms with E-state index < -0.39 is 0 Å². The number of carbonyl (C=O) groups is 1. The quantitative estimate of drug-likeness (QED) is 0.461. The fraction of sp³-hybridized carbons (Fsp3) is 0.0435. The number of amides is 1. The lowest BCUT2D eigenvalue weighted by atomic mass is 10.1. The zero-order valence-electron chi connectivity index (χ0n) is 15.4. The zero-order chi connectivity index (χ0) is 20.1. The molecule has 4 nitrogen and oxygen atoms in total. The molecule has 2 aromatic heterocycles. The Hall–Kier alpha value is -3.51. The topological polar surface area (TPSA) is 46.9 Å². The molecule has 0 bridgehead atoms. The van der Waals surface area contributed by atoms with Crippen LogP contribution in [0, 0.1) is 5.82 Å². The molecule has 1 atom stereocenters. The summed E-state index contributed by atoms with van der Waals surface area (Å²) in [5.41, 5.74) is 2.59. The van der Waals surface area contributed by atoms with Crippen LogP contribution in [0.2, 0.25) is 0 Å². The van der Waals surface area contributed by atoms with E-state index in [0.717, 1.165) is 21.7 Å². The highest BCUT2D eigenvalue weighted by Gasteiger charge is 2.17. The van der Waals surface area contributed by atoms with Crippen LogP contribution >= 0.6 is 11.3 Å². The predicted octanol–water partition coefficient (Wildman–Crippen LogP) is 4.99. The fourth-order valence-corrected chi connectivity index (χ4v) is 3.74. The van der Waals surface area contributed by atoms with Crippen molar-refractivity contribution in [3.05, 3.63) is 112 Å². The summed E-state index contributed by atoms with van der Waals surface area (Å²) in [6.07, 6.45) is 6.76. The van der Waals surface area contributed by atoms with Crippen LogP contribution in [0.4, 0.5) is 4.39 Å². The standard InChI is InChI=1S/C23H18FN3OS/c24-19-11-9-18(10-12-19)23(21-7-4-14-29-21)26-22(28)13-8-17-15-25-27(16-17)20-5-2-1-3-6-20/h1-16,23H,(H,26,28)/b13-8+. The molecule has 0 saturated carbocycles. The van der Waals surface area contributed by atoms with Crippen molar-refractivity contribution in [1.82, 2.24) is 15.1 Å². The van der Waals surface area contributed by atoms with Crippen LogP contribution in [-0.2, 0) is 4.79 Å². The Morgan fingerprint density at radius 1 is 1.07 bits per heavy atom. The average molecular weight is 403 g/mol. The third kappa shape index (κ3) is 4.67. The van der Waals surface area contributed by atoms with E-state index in [2.05, 4.69) is 10.4 Å². The van der Waals surface area contributed by atoms with Crippen LogP contribution in [0.15, 0.2) is 90.6 Å². The number of hydrogen-bond acceptors (Lipinski definition) is 3. The Morgan fingerprint density at radius 3 is 2.59 bits per heavy atom. The normalized spacial score (nSPS) is 12.2. The monoisotopic (exact) mass is 403 g/mol. The van der Waals surface area contributed by atoms with Crippen molar-refractivity contribution in [2.75, 3.05) is 0 Å². The van der Waals surface area contributed by atoms with Gasteiger partial charge >= 0.3 is 0 Å². The van der Waals surface area contributed by atoms with E-state index >= 15 is 0 Å². The molecule has 0 spiro atoms. The van der Waals surface area contributed by atoms with Gasteiger partial charge in [0, 0.05) is 22.7 Å². The van der Waals surface area contributed by atoms with Crippen LogP contribution in [-0.4, -0.2) is 15.7 Å². The van der Waals surface area contributed by atoms with Crippen LogP contribution in [0.5, 0.6) is 0 Å². The Kier molecular flexibility index (Phi) is 5.63. The van der Waals surface area contributed by atoms with Gasteiger partial charge in [-0.3, -0.25) is 4.79 Å². The second kappa shape index (κ2) is 8.67. The second-order valence-corrected chi connectivity index (χ2v) is 7.37. The molecule has 1 N–H and O–H groups in total. The molecule has 1 amide bonds. The number of hydrogen-bond donors (Lipinski definition) is 1. The average Bonchev–Trinajstić information content (AvgIpc) is 3.44. The second-order valence-electron chi connectivity index (χ2n) is 6.40. The van der Waals surface area contributed by atoms with Crippen LogP contribution in [0.25, 0.3) is 11.8 Å². The minimum Gasteiger partial charge on any atom is -0.341 e. The highest BCUT2D eigenvalue weighted by Crippen LogP contribution is 2.26. The van der Waals surface area contributed by atoms with Crippen molar-refractivity contribution >= 4 is 23.3 Å². The van der Waals surface area contributed by atoms with Crippen molar-refractivity contribution in [3.63, 3.8) is 0 Å². The number of carbonyl (C=O) groups excluding carboxylic acids is 1. The lowest BCUT2D eigenvalue weighted by Gasteiger charge is -2.17. The number of nitrogens with zero attached hydrogens (tertiary/aromatic N) is 2. The predicted molar refractivity (Wildman–Crippen MR) is 113 cm³/mol. The molecular weight excluding hydrogens is 385 g/mol. The van der Waals surface area contributed by atoms with Gasteiger partial charge in [-0.1, -0.05) is 36.4 Å². The van der Waals surface area contributed by atoms with Gasteiger partial charge in [0.25, 0.3) is 0 Å². The first-order valence-corrected chi connectivity index (χ1v) is 9.94. The van der Waals surface area contributed by atoms with Gasteiger partial charge in [0.15, 0.2) is 0 Å². The highest BCUT2D eigenvalue weighted by molar-refractivity contribution is 7.10. The molecule has 4 rings (SSSR count). The smallest absolute Gasteiger partial charge is 0.244 e. The molecular formula is C23H18FN3OS. The lowest BCUT2D eigenvalue weighted by Crippen LogP contribution is -2.27. The molecule has 0 radical (unpaired) electrons. The summed E-state index contributed by atoms with van der Waals surface area (Å²) in [7, 11) is 0. The highest BCUT2D eigenvalue weighted by atomic mass is 32.1. The Labute approximate surface area is 171 Å². The number of benzene rings is 2. The molecule has 0 aliphatic rings. The number of para-hydroxylation sites is 1. The van der Waals surface area contributed by atoms with Gasteiger partial charge in [-0.15, -0.1) is 11.3 Å². The van der Waals surface area contributed by atoms with E-state index in [-0.39, 0.29) is 17.8 Å². The van der Waals surface area contributed by atoms with Gasteiger partial charge in [-0.2, -0.15) is 5.10 Å². The molecule has 144 valence electrons. The van der Waals surface area contributed by atoms with Gasteiger partial charge in [-0.25, -0.2) is 9.07 Å². The Bertz CT molecular complexity index is 1100. The minimum atomic E-state index is -0.334. The van der Waals surface area contributed by atoms with Gasteiger partial charge < -0.3 is 5.32 Å². The van der Waals surface area contributed by atoms with Crippen molar-refractivity contribution in [2.24, 2.45) is 0 Å². The number of halogens is 1. The maximum absolute atomic E-state index is 13.3. The summed E-state index contributed by atoms with van der Waals surface area (Å²) < 4.78 is 15.0. The third-order valence-electron chi connectivity index (χ3n) is 4.37. The first kappa shape index (κ1) is 18.8. The summed E-state index contributed by atoms with van der Waals surface area (Å²) in [6, 6.07) is 19.5. The molecule has 1 unspecified atom stereocenters. The third-order valence-corrected chi connectivity index (χ3v) is 5.31. The van der Waals surface area contributed by atoms with Gasteiger partial charge in [0.05, 0.1) is 17.9 Å². The molecule has 2 aromatic carbocycles. The molecule has 0 aliphatic heterocycles. The summed E-state index contributed by atoms with van der Waals surface area (Å²) in [6.45, 7) is 0. The van der Waals surface area contributed by atoms with E-state index in [1.165, 1.54) is 18.2 Å². The first-order chi connectivity index (χ1) is 14.2. The fourth-order valence-electron chi connectivity index (χ4n) is 2.94. The van der Waals surface area contributed by atoms with Gasteiger partial charge in [-0.05, 0) is 47.4 Å². The molecule has 0 fully saturated rings. The minimum absolute atomic E-state index is 0.236. The Balaban J connectivity index is 1.48. The molecule has 0 saturated heterocycles. The number of rotatable bonds is 6. The van der Waals surface area contributed by atoms with E-state index in [0.29, 0.717) is 0 Å². The van der Waals surface area contributed by atoms with Crippen molar-refractivity contribution < 1.29 is 9.18 Å². The number of thiophene rings is 1. The number of aromatic nitrogens is 2. The van der Waals surface area contributed by atoms with Crippen LogP contribution in [0.3, 0.4) is 0 Å². The zero-order valence-corrected chi connectivity index (χ0v) is 16.2. The lowest BCUT2D eigenvalue weighted by molar-refractivity contribution is -0.116. The summed E-state index contributed by atoms with van der Waals surface area (Å²) in [4.78, 5) is 13.5. The maximum atomic E-state index is 13.3. The van der Waals surface area contributed by atoms with E-state index in [1.54, 1.807) is 40.4 Å². The van der Waals surface area contributed by atoms with E-state index in [4.69, 9.17) is 0 Å². The van der Waals surface area contributed by atoms with Gasteiger partial charge in [0.2, 0.25) is 5.91 Å². The van der Waals surface area contributed by atoms with Crippen molar-refractivity contribution in [3.8, 4) is 5.69 Å². The number of nitrogens with one attached hydrogen (secondary N) is 1. The van der Waals surface area contributed by atoms with Crippen molar-refractivity contribution in [1.29, 1.82) is 0 Å². The largest absolute Gasteiger partial charge is 0.341 e. The van der Waals surface area contributed by atoms with Gasteiger partial charge in [0.1, 0.15) is 5.82 Å². The van der Waals surface area contributed by atoms with Crippen molar-refractivity contribution in [2.45, 2.75) is 6.04 Å². The Morgan fingerprint density at radius 2 is 1.86 bits per heavy atom. The molecule has 4 aromatic rings. The molecule has 6 heteroatoms. The molecule has 2 heterocycles. The van der Waals surface area contributed by atoms with E-state index in [1.807, 2.05) is 54.0 Å².